The summed E-state index contributed by atoms with van der Waals surface area (Å²) in [5.41, 5.74) is 1.69. The standard InChI is InChI=1S/C18H13NO4S/c1-23-17(21)13-9-7-12(8-10-13)11-15-16(20)19(18(22)24-15)14-5-3-2-4-6-14/h2-11H,1H3/b15-11+. The van der Waals surface area contributed by atoms with Crippen LogP contribution in [0.1, 0.15) is 15.9 Å². The van der Waals surface area contributed by atoms with E-state index in [0.717, 1.165) is 22.2 Å². The number of thioether (sulfide) groups is 1. The van der Waals surface area contributed by atoms with Crippen molar-refractivity contribution in [1.82, 2.24) is 0 Å². The highest BCUT2D eigenvalue weighted by Crippen LogP contribution is 2.35. The number of methoxy groups -OCH3 is 1. The fourth-order valence-electron chi connectivity index (χ4n) is 2.25. The monoisotopic (exact) mass is 339 g/mol. The molecular weight excluding hydrogens is 326 g/mol. The van der Waals surface area contributed by atoms with Gasteiger partial charge in [-0.1, -0.05) is 30.3 Å². The van der Waals surface area contributed by atoms with Gasteiger partial charge >= 0.3 is 5.97 Å². The third-order valence-corrected chi connectivity index (χ3v) is 4.31. The number of amides is 2. The number of hydrogen-bond donors (Lipinski definition) is 0. The van der Waals surface area contributed by atoms with E-state index < -0.39 is 5.97 Å². The summed E-state index contributed by atoms with van der Waals surface area (Å²) in [4.78, 5) is 37.5. The minimum Gasteiger partial charge on any atom is -0.465 e. The highest BCUT2D eigenvalue weighted by molar-refractivity contribution is 8.19. The predicted octanol–water partition coefficient (Wildman–Crippen LogP) is 3.71. The lowest BCUT2D eigenvalue weighted by Crippen LogP contribution is -2.27. The lowest BCUT2D eigenvalue weighted by molar-refractivity contribution is -0.113. The highest BCUT2D eigenvalue weighted by Gasteiger charge is 2.36. The third-order valence-electron chi connectivity index (χ3n) is 3.44. The van der Waals surface area contributed by atoms with Gasteiger partial charge in [-0.2, -0.15) is 0 Å². The molecule has 0 spiro atoms. The summed E-state index contributed by atoms with van der Waals surface area (Å²) < 4.78 is 4.64. The van der Waals surface area contributed by atoms with Crippen LogP contribution in [0.3, 0.4) is 0 Å². The minimum atomic E-state index is -0.425. The van der Waals surface area contributed by atoms with Crippen molar-refractivity contribution in [3.05, 3.63) is 70.6 Å². The molecular formula is C18H13NO4S. The van der Waals surface area contributed by atoms with E-state index in [9.17, 15) is 14.4 Å². The van der Waals surface area contributed by atoms with E-state index in [4.69, 9.17) is 0 Å². The van der Waals surface area contributed by atoms with Crippen LogP contribution in [0.4, 0.5) is 10.5 Å². The normalized spacial score (nSPS) is 15.9. The summed E-state index contributed by atoms with van der Waals surface area (Å²) in [7, 11) is 1.32. The van der Waals surface area contributed by atoms with Gasteiger partial charge in [-0.15, -0.1) is 0 Å². The Morgan fingerprint density at radius 2 is 1.71 bits per heavy atom. The van der Waals surface area contributed by atoms with E-state index in [1.165, 1.54) is 7.11 Å². The predicted molar refractivity (Wildman–Crippen MR) is 92.7 cm³/mol. The molecule has 0 N–H and O–H groups in total. The first-order chi connectivity index (χ1) is 11.6. The van der Waals surface area contributed by atoms with E-state index in [1.54, 1.807) is 54.6 Å². The molecule has 120 valence electrons. The lowest BCUT2D eigenvalue weighted by atomic mass is 10.1. The molecule has 1 saturated heterocycles. The summed E-state index contributed by atoms with van der Waals surface area (Å²) in [5, 5.41) is -0.330. The Bertz CT molecular complexity index is 828. The first-order valence-electron chi connectivity index (χ1n) is 7.11. The van der Waals surface area contributed by atoms with Crippen molar-refractivity contribution in [1.29, 1.82) is 0 Å². The lowest BCUT2D eigenvalue weighted by Gasteiger charge is -2.11. The van der Waals surface area contributed by atoms with Gasteiger partial charge in [0.25, 0.3) is 11.1 Å². The van der Waals surface area contributed by atoms with Crippen molar-refractivity contribution >= 4 is 40.6 Å². The van der Waals surface area contributed by atoms with Gasteiger partial charge in [0.15, 0.2) is 0 Å². The van der Waals surface area contributed by atoms with Crippen LogP contribution in [0.25, 0.3) is 6.08 Å². The van der Waals surface area contributed by atoms with Crippen LogP contribution >= 0.6 is 11.8 Å². The molecule has 0 aliphatic carbocycles. The van der Waals surface area contributed by atoms with Crippen molar-refractivity contribution in [3.63, 3.8) is 0 Å². The Kier molecular flexibility index (Phi) is 4.48. The van der Waals surface area contributed by atoms with Crippen molar-refractivity contribution < 1.29 is 19.1 Å². The summed E-state index contributed by atoms with van der Waals surface area (Å²) in [6.07, 6.45) is 1.63. The maximum atomic E-state index is 12.5. The van der Waals surface area contributed by atoms with Gasteiger partial charge in [0, 0.05) is 0 Å². The number of para-hydroxylation sites is 1. The zero-order valence-electron chi connectivity index (χ0n) is 12.8. The van der Waals surface area contributed by atoms with E-state index in [2.05, 4.69) is 4.74 Å². The van der Waals surface area contributed by atoms with Crippen LogP contribution in [0, 0.1) is 0 Å². The van der Waals surface area contributed by atoms with Gasteiger partial charge in [0.1, 0.15) is 0 Å². The number of carbonyl (C=O) groups is 3. The molecule has 6 heteroatoms. The smallest absolute Gasteiger partial charge is 0.337 e. The molecule has 24 heavy (non-hydrogen) atoms. The van der Waals surface area contributed by atoms with Gasteiger partial charge in [0.2, 0.25) is 0 Å². The van der Waals surface area contributed by atoms with Gasteiger partial charge in [-0.25, -0.2) is 9.69 Å². The van der Waals surface area contributed by atoms with Crippen LogP contribution in [-0.4, -0.2) is 24.2 Å². The number of benzene rings is 2. The van der Waals surface area contributed by atoms with Crippen LogP contribution < -0.4 is 4.90 Å². The number of esters is 1. The molecule has 5 nitrogen and oxygen atoms in total. The first kappa shape index (κ1) is 16.0. The second-order valence-corrected chi connectivity index (χ2v) is 5.96. The summed E-state index contributed by atoms with van der Waals surface area (Å²) in [5.74, 6) is -0.779. The second-order valence-electron chi connectivity index (χ2n) is 4.97. The molecule has 2 amide bonds. The van der Waals surface area contributed by atoms with Gasteiger partial charge in [0.05, 0.1) is 23.3 Å². The van der Waals surface area contributed by atoms with Gasteiger partial charge in [-0.05, 0) is 47.7 Å². The molecule has 3 rings (SSSR count). The average Bonchev–Trinajstić information content (AvgIpc) is 2.89. The molecule has 0 radical (unpaired) electrons. The van der Waals surface area contributed by atoms with E-state index in [-0.39, 0.29) is 11.1 Å². The molecule has 0 bridgehead atoms. The number of ether oxygens (including phenoxy) is 1. The molecule has 0 atom stereocenters. The van der Waals surface area contributed by atoms with Crippen molar-refractivity contribution in [3.8, 4) is 0 Å². The van der Waals surface area contributed by atoms with Crippen molar-refractivity contribution in [2.45, 2.75) is 0 Å². The summed E-state index contributed by atoms with van der Waals surface area (Å²) >= 11 is 0.893. The van der Waals surface area contributed by atoms with Crippen LogP contribution in [-0.2, 0) is 9.53 Å². The number of hydrogen-bond acceptors (Lipinski definition) is 5. The maximum Gasteiger partial charge on any atom is 0.337 e. The molecule has 2 aromatic rings. The molecule has 0 unspecified atom stereocenters. The quantitative estimate of drug-likeness (QED) is 0.630. The van der Waals surface area contributed by atoms with E-state index in [0.29, 0.717) is 16.2 Å². The summed E-state index contributed by atoms with van der Waals surface area (Å²) in [6, 6.07) is 15.4. The Morgan fingerprint density at radius 1 is 1.04 bits per heavy atom. The molecule has 1 aliphatic heterocycles. The topological polar surface area (TPSA) is 63.7 Å². The molecule has 1 heterocycles. The zero-order valence-corrected chi connectivity index (χ0v) is 13.6. The number of carbonyl (C=O) groups excluding carboxylic acids is 3. The SMILES string of the molecule is COC(=O)c1ccc(/C=C2/SC(=O)N(c3ccccc3)C2=O)cc1. The molecule has 0 aromatic heterocycles. The number of anilines is 1. The molecule has 1 aliphatic rings. The highest BCUT2D eigenvalue weighted by atomic mass is 32.2. The van der Waals surface area contributed by atoms with Crippen molar-refractivity contribution in [2.75, 3.05) is 12.0 Å². The Balaban J connectivity index is 1.85. The second kappa shape index (κ2) is 6.72. The van der Waals surface area contributed by atoms with E-state index >= 15 is 0 Å². The zero-order chi connectivity index (χ0) is 17.1. The van der Waals surface area contributed by atoms with Crippen LogP contribution in [0.5, 0.6) is 0 Å². The Labute approximate surface area is 142 Å². The van der Waals surface area contributed by atoms with Gasteiger partial charge in [-0.3, -0.25) is 9.59 Å². The number of rotatable bonds is 3. The number of imide groups is 1. The summed E-state index contributed by atoms with van der Waals surface area (Å²) in [6.45, 7) is 0. The van der Waals surface area contributed by atoms with E-state index in [1.807, 2.05) is 6.07 Å². The minimum absolute atomic E-state index is 0.330. The van der Waals surface area contributed by atoms with Gasteiger partial charge < -0.3 is 4.74 Å². The Hall–Kier alpha value is -2.86. The fraction of sp³-hybridized carbons (Fsp3) is 0.0556. The number of nitrogens with zero attached hydrogens (tertiary/aromatic N) is 1. The first-order valence-corrected chi connectivity index (χ1v) is 7.93. The Morgan fingerprint density at radius 3 is 2.33 bits per heavy atom. The van der Waals surface area contributed by atoms with Crippen LogP contribution in [0.2, 0.25) is 0 Å². The molecule has 2 aromatic carbocycles. The fourth-order valence-corrected chi connectivity index (χ4v) is 3.09. The largest absolute Gasteiger partial charge is 0.465 e. The molecule has 0 saturated carbocycles. The molecule has 1 fully saturated rings. The van der Waals surface area contributed by atoms with Crippen molar-refractivity contribution in [2.24, 2.45) is 0 Å². The third kappa shape index (κ3) is 3.09. The van der Waals surface area contributed by atoms with Crippen LogP contribution in [0.15, 0.2) is 59.5 Å². The average molecular weight is 339 g/mol. The maximum absolute atomic E-state index is 12.5.